The van der Waals surface area contributed by atoms with Gasteiger partial charge in [-0.2, -0.15) is 0 Å². The average molecular weight is 233 g/mol. The van der Waals surface area contributed by atoms with E-state index in [1.807, 2.05) is 6.07 Å². The van der Waals surface area contributed by atoms with E-state index in [-0.39, 0.29) is 6.04 Å². The third-order valence-corrected chi connectivity index (χ3v) is 3.54. The topological polar surface area (TPSA) is 35.2 Å². The Morgan fingerprint density at radius 2 is 2.06 bits per heavy atom. The first-order valence-corrected chi connectivity index (χ1v) is 6.78. The zero-order chi connectivity index (χ0) is 11.9. The van der Waals surface area contributed by atoms with Gasteiger partial charge in [0.25, 0.3) is 0 Å². The number of hydrogen-bond donors (Lipinski definition) is 1. The summed E-state index contributed by atoms with van der Waals surface area (Å²) in [6.45, 7) is 0.966. The van der Waals surface area contributed by atoms with Crippen LogP contribution in [0.2, 0.25) is 0 Å². The number of rotatable bonds is 6. The Kier molecular flexibility index (Phi) is 5.02. The van der Waals surface area contributed by atoms with Gasteiger partial charge in [0.1, 0.15) is 0 Å². The molecule has 0 aromatic heterocycles. The molecular formula is C15H23NO. The van der Waals surface area contributed by atoms with Crippen molar-refractivity contribution in [2.75, 3.05) is 6.61 Å². The molecule has 2 atom stereocenters. The van der Waals surface area contributed by atoms with Crippen LogP contribution in [0.1, 0.15) is 50.1 Å². The van der Waals surface area contributed by atoms with Crippen molar-refractivity contribution in [1.29, 1.82) is 0 Å². The lowest BCUT2D eigenvalue weighted by atomic mass is 10.00. The van der Waals surface area contributed by atoms with E-state index in [0.717, 1.165) is 13.0 Å². The first kappa shape index (κ1) is 12.6. The molecule has 2 rings (SSSR count). The first-order chi connectivity index (χ1) is 8.36. The highest BCUT2D eigenvalue weighted by atomic mass is 16.5. The summed E-state index contributed by atoms with van der Waals surface area (Å²) >= 11 is 0. The number of hydrogen-bond acceptors (Lipinski definition) is 2. The zero-order valence-corrected chi connectivity index (χ0v) is 10.5. The molecule has 0 spiro atoms. The fourth-order valence-electron chi connectivity index (χ4n) is 2.48. The molecule has 0 amide bonds. The Morgan fingerprint density at radius 1 is 1.24 bits per heavy atom. The van der Waals surface area contributed by atoms with Gasteiger partial charge in [-0.05, 0) is 31.2 Å². The highest BCUT2D eigenvalue weighted by Crippen LogP contribution is 2.21. The lowest BCUT2D eigenvalue weighted by Gasteiger charge is -2.13. The van der Waals surface area contributed by atoms with Gasteiger partial charge in [-0.3, -0.25) is 0 Å². The molecule has 2 nitrogen and oxygen atoms in total. The predicted octanol–water partition coefficient (Wildman–Crippen LogP) is 3.43. The smallest absolute Gasteiger partial charge is 0.0576 e. The van der Waals surface area contributed by atoms with Crippen LogP contribution in [-0.4, -0.2) is 12.7 Å². The van der Waals surface area contributed by atoms with Gasteiger partial charge in [0.2, 0.25) is 0 Å². The third kappa shape index (κ3) is 4.14. The zero-order valence-electron chi connectivity index (χ0n) is 10.5. The fourth-order valence-corrected chi connectivity index (χ4v) is 2.48. The van der Waals surface area contributed by atoms with Crippen molar-refractivity contribution in [3.8, 4) is 0 Å². The van der Waals surface area contributed by atoms with Crippen LogP contribution in [0.4, 0.5) is 0 Å². The summed E-state index contributed by atoms with van der Waals surface area (Å²) in [5, 5.41) is 0. The van der Waals surface area contributed by atoms with Gasteiger partial charge in [0.05, 0.1) is 6.10 Å². The van der Waals surface area contributed by atoms with Gasteiger partial charge >= 0.3 is 0 Å². The molecule has 1 aliphatic rings. The Hall–Kier alpha value is -0.860. The maximum atomic E-state index is 6.16. The van der Waals surface area contributed by atoms with Gasteiger partial charge < -0.3 is 10.5 Å². The summed E-state index contributed by atoms with van der Waals surface area (Å²) in [6.07, 6.45) is 7.76. The Balaban J connectivity index is 1.61. The molecule has 2 heteroatoms. The van der Waals surface area contributed by atoms with E-state index in [4.69, 9.17) is 10.5 Å². The molecule has 0 aliphatic carbocycles. The summed E-state index contributed by atoms with van der Waals surface area (Å²) in [5.74, 6) is 0. The molecule has 94 valence electrons. The number of nitrogens with two attached hydrogens (primary N) is 1. The van der Waals surface area contributed by atoms with Gasteiger partial charge in [0, 0.05) is 12.6 Å². The summed E-state index contributed by atoms with van der Waals surface area (Å²) in [6, 6.07) is 10.6. The van der Waals surface area contributed by atoms with Crippen LogP contribution in [0.15, 0.2) is 30.3 Å². The Bertz CT molecular complexity index is 306. The molecule has 1 heterocycles. The van der Waals surface area contributed by atoms with Crippen molar-refractivity contribution >= 4 is 0 Å². The normalized spacial score (nSPS) is 21.6. The fraction of sp³-hybridized carbons (Fsp3) is 0.600. The lowest BCUT2D eigenvalue weighted by Crippen LogP contribution is -2.10. The number of unbranched alkanes of at least 4 members (excludes halogenated alkanes) is 1. The van der Waals surface area contributed by atoms with Crippen molar-refractivity contribution in [3.63, 3.8) is 0 Å². The van der Waals surface area contributed by atoms with E-state index >= 15 is 0 Å². The molecule has 1 aliphatic heterocycles. The number of benzene rings is 1. The first-order valence-electron chi connectivity index (χ1n) is 6.78. The summed E-state index contributed by atoms with van der Waals surface area (Å²) < 4.78 is 5.61. The maximum Gasteiger partial charge on any atom is 0.0576 e. The molecule has 1 saturated heterocycles. The van der Waals surface area contributed by atoms with Crippen molar-refractivity contribution in [1.82, 2.24) is 0 Å². The average Bonchev–Trinajstić information content (AvgIpc) is 2.88. The second-order valence-corrected chi connectivity index (χ2v) is 4.94. The van der Waals surface area contributed by atoms with Gasteiger partial charge in [-0.1, -0.05) is 43.2 Å². The number of ether oxygens (including phenoxy) is 1. The monoisotopic (exact) mass is 233 g/mol. The SMILES string of the molecule is NC(CCCCC1CCCO1)c1ccccc1. The molecule has 1 aromatic carbocycles. The van der Waals surface area contributed by atoms with Crippen LogP contribution in [0.3, 0.4) is 0 Å². The van der Waals surface area contributed by atoms with E-state index in [1.54, 1.807) is 0 Å². The largest absolute Gasteiger partial charge is 0.378 e. The van der Waals surface area contributed by atoms with E-state index in [9.17, 15) is 0 Å². The Morgan fingerprint density at radius 3 is 2.76 bits per heavy atom. The minimum Gasteiger partial charge on any atom is -0.378 e. The highest BCUT2D eigenvalue weighted by Gasteiger charge is 2.14. The van der Waals surface area contributed by atoms with Gasteiger partial charge in [-0.25, -0.2) is 0 Å². The highest BCUT2D eigenvalue weighted by molar-refractivity contribution is 5.18. The second kappa shape index (κ2) is 6.77. The second-order valence-electron chi connectivity index (χ2n) is 4.94. The summed E-state index contributed by atoms with van der Waals surface area (Å²) in [5.41, 5.74) is 7.41. The minimum absolute atomic E-state index is 0.195. The summed E-state index contributed by atoms with van der Waals surface area (Å²) in [4.78, 5) is 0. The van der Waals surface area contributed by atoms with Crippen LogP contribution in [-0.2, 0) is 4.74 Å². The molecular weight excluding hydrogens is 210 g/mol. The van der Waals surface area contributed by atoms with E-state index < -0.39 is 0 Å². The molecule has 17 heavy (non-hydrogen) atoms. The van der Waals surface area contributed by atoms with Crippen LogP contribution in [0.5, 0.6) is 0 Å². The van der Waals surface area contributed by atoms with E-state index in [2.05, 4.69) is 24.3 Å². The molecule has 2 unspecified atom stereocenters. The maximum absolute atomic E-state index is 6.16. The molecule has 0 saturated carbocycles. The molecule has 2 N–H and O–H groups in total. The minimum atomic E-state index is 0.195. The van der Waals surface area contributed by atoms with Crippen LogP contribution in [0, 0.1) is 0 Å². The predicted molar refractivity (Wildman–Crippen MR) is 70.8 cm³/mol. The van der Waals surface area contributed by atoms with Gasteiger partial charge in [-0.15, -0.1) is 0 Å². The third-order valence-electron chi connectivity index (χ3n) is 3.54. The van der Waals surface area contributed by atoms with Crippen molar-refractivity contribution in [2.45, 2.75) is 50.7 Å². The molecule has 0 bridgehead atoms. The van der Waals surface area contributed by atoms with Gasteiger partial charge in [0.15, 0.2) is 0 Å². The molecule has 0 radical (unpaired) electrons. The van der Waals surface area contributed by atoms with Crippen LogP contribution in [0.25, 0.3) is 0 Å². The quantitative estimate of drug-likeness (QED) is 0.764. The van der Waals surface area contributed by atoms with Crippen molar-refractivity contribution in [3.05, 3.63) is 35.9 Å². The van der Waals surface area contributed by atoms with Crippen molar-refractivity contribution < 1.29 is 4.74 Å². The molecule has 1 fully saturated rings. The van der Waals surface area contributed by atoms with E-state index in [0.29, 0.717) is 6.10 Å². The van der Waals surface area contributed by atoms with Crippen LogP contribution < -0.4 is 5.73 Å². The van der Waals surface area contributed by atoms with E-state index in [1.165, 1.54) is 37.7 Å². The standard InChI is InChI=1S/C15H23NO/c16-15(13-7-2-1-3-8-13)11-5-4-9-14-10-6-12-17-14/h1-3,7-8,14-15H,4-6,9-12,16H2. The van der Waals surface area contributed by atoms with Crippen molar-refractivity contribution in [2.24, 2.45) is 5.73 Å². The Labute approximate surface area is 104 Å². The lowest BCUT2D eigenvalue weighted by molar-refractivity contribution is 0.102. The summed E-state index contributed by atoms with van der Waals surface area (Å²) in [7, 11) is 0. The van der Waals surface area contributed by atoms with Crippen LogP contribution >= 0.6 is 0 Å². The molecule has 1 aromatic rings.